The topological polar surface area (TPSA) is 128 Å². The Morgan fingerprint density at radius 3 is 2.84 bits per heavy atom. The molecule has 10 nitrogen and oxygen atoms in total. The molecule has 0 unspecified atom stereocenters. The average Bonchev–Trinajstić information content (AvgIpc) is 3.49. The fourth-order valence-corrected chi connectivity index (χ4v) is 5.73. The van der Waals surface area contributed by atoms with Gasteiger partial charge >= 0.3 is 12.1 Å². The van der Waals surface area contributed by atoms with Crippen molar-refractivity contribution in [3.8, 4) is 6.08 Å². The zero-order chi connectivity index (χ0) is 26.9. The molecule has 2 N–H and O–H groups in total. The number of halogens is 2. The Kier molecular flexibility index (Phi) is 7.33. The molecule has 0 aliphatic heterocycles. The van der Waals surface area contributed by atoms with Gasteiger partial charge in [0.1, 0.15) is 5.52 Å². The summed E-state index contributed by atoms with van der Waals surface area (Å²) in [4.78, 5) is 16.3. The summed E-state index contributed by atoms with van der Waals surface area (Å²) in [5, 5.41) is 8.25. The van der Waals surface area contributed by atoms with Crippen LogP contribution in [0.25, 0.3) is 16.7 Å². The highest BCUT2D eigenvalue weighted by molar-refractivity contribution is 7.90. The van der Waals surface area contributed by atoms with Crippen LogP contribution in [0, 0.1) is 0 Å². The van der Waals surface area contributed by atoms with Gasteiger partial charge in [-0.15, -0.1) is 0 Å². The van der Waals surface area contributed by atoms with E-state index in [-0.39, 0.29) is 23.1 Å². The van der Waals surface area contributed by atoms with Crippen LogP contribution in [0.4, 0.5) is 4.79 Å². The van der Waals surface area contributed by atoms with Crippen LogP contribution in [0.15, 0.2) is 58.0 Å². The summed E-state index contributed by atoms with van der Waals surface area (Å²) in [5.41, 5.74) is 4.64. The number of aromatic nitrogens is 3. The van der Waals surface area contributed by atoms with E-state index in [1.54, 1.807) is 12.1 Å². The number of nitrogens with one attached hydrogen (secondary N) is 2. The summed E-state index contributed by atoms with van der Waals surface area (Å²) in [6, 6.07) is 8.58. The Labute approximate surface area is 228 Å². The second-order valence-electron chi connectivity index (χ2n) is 8.62. The van der Waals surface area contributed by atoms with Crippen LogP contribution >= 0.6 is 23.2 Å². The smallest absolute Gasteiger partial charge is 0.394 e. The molecule has 0 saturated heterocycles. The first kappa shape index (κ1) is 26.1. The molecule has 2 aromatic heterocycles. The number of carbonyl (C=O) groups excluding carboxylic acids is 1. The maximum absolute atomic E-state index is 12.7. The number of fused-ring (bicyclic) bond motifs is 2. The maximum Gasteiger partial charge on any atom is 0.394 e. The number of ether oxygens (including phenoxy) is 1. The number of amides is 2. The summed E-state index contributed by atoms with van der Waals surface area (Å²) < 4.78 is 39.6. The van der Waals surface area contributed by atoms with E-state index in [0.29, 0.717) is 22.1 Å². The first-order valence-electron chi connectivity index (χ1n) is 11.7. The molecule has 198 valence electrons. The molecular formula is C25H23Cl2N5O5S. The second kappa shape index (κ2) is 10.7. The van der Waals surface area contributed by atoms with E-state index in [2.05, 4.69) is 15.4 Å². The molecule has 0 saturated carbocycles. The van der Waals surface area contributed by atoms with Crippen LogP contribution in [0.1, 0.15) is 29.7 Å². The molecule has 0 radical (unpaired) electrons. The number of methoxy groups -OCH3 is 1. The molecule has 2 aromatic carbocycles. The van der Waals surface area contributed by atoms with E-state index in [0.717, 1.165) is 41.7 Å². The van der Waals surface area contributed by atoms with Crippen LogP contribution in [-0.2, 0) is 23.0 Å². The number of carbonyl (C=O) groups is 1. The third-order valence-corrected chi connectivity index (χ3v) is 8.03. The monoisotopic (exact) mass is 575 g/mol. The van der Waals surface area contributed by atoms with Crippen molar-refractivity contribution in [3.05, 3.63) is 75.5 Å². The Morgan fingerprint density at radius 1 is 1.21 bits per heavy atom. The summed E-state index contributed by atoms with van der Waals surface area (Å²) >= 11 is 12.4. The number of oxazole rings is 1. The van der Waals surface area contributed by atoms with E-state index >= 15 is 0 Å². The molecular weight excluding hydrogens is 553 g/mol. The van der Waals surface area contributed by atoms with Crippen LogP contribution in [0.2, 0.25) is 10.0 Å². The van der Waals surface area contributed by atoms with Crippen molar-refractivity contribution in [2.24, 2.45) is 0 Å². The lowest BCUT2D eigenvalue weighted by molar-refractivity contribution is 0.247. The number of allylic oxidation sites excluding steroid dienone is 1. The van der Waals surface area contributed by atoms with Gasteiger partial charge in [0, 0.05) is 22.7 Å². The Morgan fingerprint density at radius 2 is 2.05 bits per heavy atom. The maximum atomic E-state index is 12.7. The molecule has 4 aromatic rings. The minimum atomic E-state index is -4.14. The first-order valence-corrected chi connectivity index (χ1v) is 13.9. The predicted octanol–water partition coefficient (Wildman–Crippen LogP) is 4.80. The van der Waals surface area contributed by atoms with Gasteiger partial charge in [0.05, 0.1) is 30.4 Å². The minimum absolute atomic E-state index is 0.0109. The van der Waals surface area contributed by atoms with Crippen molar-refractivity contribution >= 4 is 55.9 Å². The molecule has 5 rings (SSSR count). The largest absolute Gasteiger partial charge is 0.453 e. The standard InChI is InChI=1S/C25H23Cl2N5O5S/c1-36-25-30-21-8-7-19(12-22(21)37-25)38(34,35)31-24(33)28-10-9-15-3-2-4-16-13-29-32(23(15)16)14-17-5-6-18(26)11-20(17)27/h5-9,11-13H,2-4,10,14H2,1H3,(H2,28,31,33). The number of hydrogen-bond donors (Lipinski definition) is 2. The first-order chi connectivity index (χ1) is 18.2. The highest BCUT2D eigenvalue weighted by atomic mass is 35.5. The van der Waals surface area contributed by atoms with Crippen LogP contribution in [-0.4, -0.2) is 42.9 Å². The average molecular weight is 576 g/mol. The molecule has 0 bridgehead atoms. The van der Waals surface area contributed by atoms with Crippen LogP contribution < -0.4 is 14.8 Å². The lowest BCUT2D eigenvalue weighted by atomic mass is 9.92. The number of sulfonamides is 1. The van der Waals surface area contributed by atoms with Crippen molar-refractivity contribution in [1.29, 1.82) is 0 Å². The normalized spacial score (nSPS) is 14.4. The molecule has 13 heteroatoms. The molecule has 0 fully saturated rings. The summed E-state index contributed by atoms with van der Waals surface area (Å²) in [5.74, 6) is 0. The van der Waals surface area contributed by atoms with Gasteiger partial charge in [0.25, 0.3) is 10.0 Å². The zero-order valence-corrected chi connectivity index (χ0v) is 22.5. The van der Waals surface area contributed by atoms with Gasteiger partial charge in [-0.05, 0) is 60.2 Å². The summed E-state index contributed by atoms with van der Waals surface area (Å²) in [6.45, 7) is 0.595. The second-order valence-corrected chi connectivity index (χ2v) is 11.1. The lowest BCUT2D eigenvalue weighted by Gasteiger charge is -2.18. The van der Waals surface area contributed by atoms with Crippen molar-refractivity contribution in [3.63, 3.8) is 0 Å². The fourth-order valence-electron chi connectivity index (χ4n) is 4.32. The highest BCUT2D eigenvalue weighted by Crippen LogP contribution is 2.32. The number of hydrogen-bond acceptors (Lipinski definition) is 7. The van der Waals surface area contributed by atoms with Gasteiger partial charge < -0.3 is 14.5 Å². The third kappa shape index (κ3) is 5.50. The summed E-state index contributed by atoms with van der Waals surface area (Å²) in [6.07, 6.45) is 6.38. The van der Waals surface area contributed by atoms with Crippen LogP contribution in [0.3, 0.4) is 0 Å². The number of benzene rings is 2. The van der Waals surface area contributed by atoms with Gasteiger partial charge in [-0.25, -0.2) is 17.9 Å². The van der Waals surface area contributed by atoms with E-state index in [1.807, 2.05) is 27.7 Å². The molecule has 38 heavy (non-hydrogen) atoms. The van der Waals surface area contributed by atoms with Gasteiger partial charge in [0.15, 0.2) is 5.58 Å². The van der Waals surface area contributed by atoms with Crippen LogP contribution in [0.5, 0.6) is 6.08 Å². The molecule has 0 atom stereocenters. The van der Waals surface area contributed by atoms with E-state index < -0.39 is 16.1 Å². The molecule has 1 aliphatic carbocycles. The Balaban J connectivity index is 1.26. The minimum Gasteiger partial charge on any atom is -0.453 e. The predicted molar refractivity (Wildman–Crippen MR) is 143 cm³/mol. The van der Waals surface area contributed by atoms with Gasteiger partial charge in [-0.2, -0.15) is 10.1 Å². The molecule has 1 aliphatic rings. The molecule has 0 spiro atoms. The van der Waals surface area contributed by atoms with Gasteiger partial charge in [0.2, 0.25) is 0 Å². The van der Waals surface area contributed by atoms with Gasteiger partial charge in [-0.1, -0.05) is 35.3 Å². The van der Waals surface area contributed by atoms with Crippen molar-refractivity contribution < 1.29 is 22.4 Å². The third-order valence-electron chi connectivity index (χ3n) is 6.11. The highest BCUT2D eigenvalue weighted by Gasteiger charge is 2.22. The number of aryl methyl sites for hydroxylation is 1. The van der Waals surface area contributed by atoms with Gasteiger partial charge in [-0.3, -0.25) is 4.68 Å². The van der Waals surface area contributed by atoms with E-state index in [9.17, 15) is 13.2 Å². The number of urea groups is 1. The number of rotatable bonds is 7. The lowest BCUT2D eigenvalue weighted by Crippen LogP contribution is -2.39. The summed E-state index contributed by atoms with van der Waals surface area (Å²) in [7, 11) is -2.75. The Hall–Kier alpha value is -3.54. The quantitative estimate of drug-likeness (QED) is 0.324. The fraction of sp³-hybridized carbons (Fsp3) is 0.240. The SMILES string of the molecule is COc1nc2ccc(S(=O)(=O)NC(=O)NCC=C3CCCc4cnn(Cc5ccc(Cl)cc5Cl)c43)cc2o1. The van der Waals surface area contributed by atoms with Crippen molar-refractivity contribution in [2.75, 3.05) is 13.7 Å². The molecule has 2 amide bonds. The van der Waals surface area contributed by atoms with Crippen molar-refractivity contribution in [2.45, 2.75) is 30.7 Å². The zero-order valence-electron chi connectivity index (χ0n) is 20.2. The molecule has 2 heterocycles. The number of nitrogens with zero attached hydrogens (tertiary/aromatic N) is 3. The van der Waals surface area contributed by atoms with Crippen molar-refractivity contribution in [1.82, 2.24) is 24.8 Å². The van der Waals surface area contributed by atoms with E-state index in [1.165, 1.54) is 25.3 Å². The Bertz CT molecular complexity index is 1660. The van der Waals surface area contributed by atoms with E-state index in [4.69, 9.17) is 32.4 Å².